The Morgan fingerprint density at radius 2 is 2.15 bits per heavy atom. The average molecular weight is 381 g/mol. The highest BCUT2D eigenvalue weighted by Gasteiger charge is 2.72. The van der Waals surface area contributed by atoms with Crippen molar-refractivity contribution in [3.8, 4) is 0 Å². The lowest BCUT2D eigenvalue weighted by Crippen LogP contribution is -2.59. The van der Waals surface area contributed by atoms with Crippen LogP contribution in [0, 0.1) is 0 Å². The van der Waals surface area contributed by atoms with Crippen molar-refractivity contribution in [2.24, 2.45) is 5.73 Å². The van der Waals surface area contributed by atoms with Crippen LogP contribution in [0.25, 0.3) is 6.08 Å². The third-order valence-corrected chi connectivity index (χ3v) is 7.24. The second-order valence-electron chi connectivity index (χ2n) is 6.13. The third kappa shape index (κ3) is 2.35. The number of aliphatic carboxylic acids is 1. The Balaban J connectivity index is 2.07. The number of aromatic nitrogens is 1. The van der Waals surface area contributed by atoms with Gasteiger partial charge in [0.2, 0.25) is 0 Å². The maximum Gasteiger partial charge on any atom is 0.404 e. The largest absolute Gasteiger partial charge is 0.480 e. The van der Waals surface area contributed by atoms with Crippen molar-refractivity contribution in [3.63, 3.8) is 0 Å². The average Bonchev–Trinajstić information content (AvgIpc) is 2.74. The van der Waals surface area contributed by atoms with Crippen LogP contribution in [0.3, 0.4) is 0 Å². The first-order valence-corrected chi connectivity index (χ1v) is 8.99. The Bertz CT molecular complexity index is 928. The molecule has 138 valence electrons. The van der Waals surface area contributed by atoms with Crippen molar-refractivity contribution in [3.05, 3.63) is 35.7 Å². The zero-order chi connectivity index (χ0) is 19.3. The minimum absolute atomic E-state index is 0.0854. The maximum absolute atomic E-state index is 13.0. The molecule has 1 aromatic rings. The highest BCUT2D eigenvalue weighted by Crippen LogP contribution is 2.49. The highest BCUT2D eigenvalue weighted by atomic mass is 32.2. The van der Waals surface area contributed by atoms with Gasteiger partial charge < -0.3 is 20.5 Å². The van der Waals surface area contributed by atoms with Crippen LogP contribution >= 0.6 is 0 Å². The number of ether oxygens (including phenoxy) is 1. The topological polar surface area (TPSA) is 157 Å². The van der Waals surface area contributed by atoms with E-state index in [0.29, 0.717) is 5.69 Å². The van der Waals surface area contributed by atoms with Crippen LogP contribution in [0.5, 0.6) is 0 Å². The molecule has 1 unspecified atom stereocenters. The zero-order valence-corrected chi connectivity index (χ0v) is 14.3. The summed E-state index contributed by atoms with van der Waals surface area (Å²) in [5, 5.41) is 8.06. The van der Waals surface area contributed by atoms with Crippen molar-refractivity contribution in [2.75, 3.05) is 6.61 Å². The van der Waals surface area contributed by atoms with E-state index in [-0.39, 0.29) is 5.57 Å². The summed E-state index contributed by atoms with van der Waals surface area (Å²) in [7, 11) is -4.22. The molecule has 0 saturated carbocycles. The monoisotopic (exact) mass is 381 g/mol. The molecule has 2 aliphatic heterocycles. The van der Waals surface area contributed by atoms with Crippen LogP contribution in [-0.2, 0) is 24.2 Å². The van der Waals surface area contributed by atoms with Gasteiger partial charge in [0.1, 0.15) is 11.4 Å². The smallest absolute Gasteiger partial charge is 0.404 e. The van der Waals surface area contributed by atoms with Gasteiger partial charge in [-0.05, 0) is 25.1 Å². The number of nitrogens with two attached hydrogens (primary N) is 1. The van der Waals surface area contributed by atoms with E-state index in [1.54, 1.807) is 18.2 Å². The Labute approximate surface area is 148 Å². The van der Waals surface area contributed by atoms with Crippen molar-refractivity contribution in [1.82, 2.24) is 9.88 Å². The molecule has 2 aliphatic rings. The van der Waals surface area contributed by atoms with Crippen LogP contribution < -0.4 is 5.73 Å². The summed E-state index contributed by atoms with van der Waals surface area (Å²) in [6.07, 6.45) is 1.54. The number of nitrogens with zero attached hydrogens (tertiary/aromatic N) is 2. The molecule has 0 spiro atoms. The Morgan fingerprint density at radius 3 is 2.69 bits per heavy atom. The lowest BCUT2D eigenvalue weighted by Gasteiger charge is -2.37. The van der Waals surface area contributed by atoms with Gasteiger partial charge in [0.25, 0.3) is 5.91 Å². The number of fused-ring (bicyclic) bond motifs is 1. The molecule has 0 aliphatic carbocycles. The SMILES string of the molecule is C[C@]1(COC(N)=O)[C@H](C(=O)O)N2C(=O)/C(=C/c3ccccn3)C2S1(=O)=O. The molecule has 3 heterocycles. The number of carboxylic acid groups (broad SMARTS) is 1. The molecule has 3 atom stereocenters. The number of rotatable bonds is 4. The second-order valence-corrected chi connectivity index (χ2v) is 8.59. The fourth-order valence-electron chi connectivity index (χ4n) is 3.23. The number of primary amides is 1. The van der Waals surface area contributed by atoms with E-state index >= 15 is 0 Å². The first kappa shape index (κ1) is 17.9. The van der Waals surface area contributed by atoms with Crippen LogP contribution in [0.2, 0.25) is 0 Å². The number of carbonyl (C=O) groups is 3. The summed E-state index contributed by atoms with van der Waals surface area (Å²) in [4.78, 5) is 39.8. The van der Waals surface area contributed by atoms with Crippen molar-refractivity contribution < 1.29 is 32.6 Å². The number of sulfone groups is 1. The van der Waals surface area contributed by atoms with Crippen LogP contribution in [-0.4, -0.2) is 64.1 Å². The van der Waals surface area contributed by atoms with Gasteiger partial charge in [-0.1, -0.05) is 6.07 Å². The third-order valence-electron chi connectivity index (χ3n) is 4.53. The summed E-state index contributed by atoms with van der Waals surface area (Å²) in [5.74, 6) is -2.24. The normalized spacial score (nSPS) is 30.6. The Hall–Kier alpha value is -2.95. The number of hydrogen-bond donors (Lipinski definition) is 2. The van der Waals surface area contributed by atoms with E-state index in [4.69, 9.17) is 5.73 Å². The number of β-lactam (4-membered cyclic amide) rings is 1. The highest BCUT2D eigenvalue weighted by molar-refractivity contribution is 7.94. The molecule has 3 rings (SSSR count). The van der Waals surface area contributed by atoms with Crippen LogP contribution in [0.4, 0.5) is 4.79 Å². The van der Waals surface area contributed by atoms with Gasteiger partial charge >= 0.3 is 12.1 Å². The molecule has 26 heavy (non-hydrogen) atoms. The zero-order valence-electron chi connectivity index (χ0n) is 13.5. The molecular weight excluding hydrogens is 366 g/mol. The first-order valence-electron chi connectivity index (χ1n) is 7.45. The van der Waals surface area contributed by atoms with E-state index in [1.165, 1.54) is 12.3 Å². The number of pyridine rings is 1. The number of carbonyl (C=O) groups excluding carboxylic acids is 2. The molecule has 2 saturated heterocycles. The molecule has 11 heteroatoms. The molecule has 3 N–H and O–H groups in total. The van der Waals surface area contributed by atoms with E-state index in [2.05, 4.69) is 9.72 Å². The van der Waals surface area contributed by atoms with Crippen molar-refractivity contribution in [2.45, 2.75) is 23.1 Å². The summed E-state index contributed by atoms with van der Waals surface area (Å²) >= 11 is 0. The van der Waals surface area contributed by atoms with Gasteiger partial charge in [0, 0.05) is 6.20 Å². The van der Waals surface area contributed by atoms with Crippen LogP contribution in [0.1, 0.15) is 12.6 Å². The predicted molar refractivity (Wildman–Crippen MR) is 87.1 cm³/mol. The maximum atomic E-state index is 13.0. The molecular formula is C15H15N3O7S. The summed E-state index contributed by atoms with van der Waals surface area (Å²) < 4.78 is 28.5. The van der Waals surface area contributed by atoms with Crippen molar-refractivity contribution >= 4 is 33.9 Å². The van der Waals surface area contributed by atoms with Gasteiger partial charge in [-0.2, -0.15) is 0 Å². The minimum Gasteiger partial charge on any atom is -0.480 e. The van der Waals surface area contributed by atoms with E-state index in [9.17, 15) is 27.9 Å². The Kier molecular flexibility index (Phi) is 3.98. The van der Waals surface area contributed by atoms with E-state index in [1.807, 2.05) is 0 Å². The van der Waals surface area contributed by atoms with Gasteiger partial charge in [0.15, 0.2) is 21.3 Å². The van der Waals surface area contributed by atoms with Gasteiger partial charge in [0.05, 0.1) is 11.3 Å². The van der Waals surface area contributed by atoms with Crippen LogP contribution in [0.15, 0.2) is 30.0 Å². The first-order chi connectivity index (χ1) is 12.1. The molecule has 1 aromatic heterocycles. The molecule has 2 amide bonds. The molecule has 2 fully saturated rings. The van der Waals surface area contributed by atoms with Gasteiger partial charge in [-0.15, -0.1) is 0 Å². The molecule has 10 nitrogen and oxygen atoms in total. The van der Waals surface area contributed by atoms with Gasteiger partial charge in [-0.25, -0.2) is 18.0 Å². The fourth-order valence-corrected chi connectivity index (χ4v) is 5.51. The fraction of sp³-hybridized carbons (Fsp3) is 0.333. The number of hydrogen-bond acceptors (Lipinski definition) is 7. The molecule has 0 bridgehead atoms. The Morgan fingerprint density at radius 1 is 1.46 bits per heavy atom. The van der Waals surface area contributed by atoms with Crippen molar-refractivity contribution in [1.29, 1.82) is 0 Å². The molecule has 0 radical (unpaired) electrons. The van der Waals surface area contributed by atoms with E-state index in [0.717, 1.165) is 11.8 Å². The van der Waals surface area contributed by atoms with Gasteiger partial charge in [-0.3, -0.25) is 9.78 Å². The summed E-state index contributed by atoms with van der Waals surface area (Å²) in [6.45, 7) is 0.340. The quantitative estimate of drug-likeness (QED) is 0.515. The number of carboxylic acids is 1. The predicted octanol–water partition coefficient (Wildman–Crippen LogP) is -0.631. The summed E-state index contributed by atoms with van der Waals surface area (Å²) in [5.41, 5.74) is 5.15. The molecule has 0 aromatic carbocycles. The lowest BCUT2D eigenvalue weighted by atomic mass is 9.94. The standard InChI is InChI=1S/C15H15N3O7S/c1-15(7-25-14(16)22)10(13(20)21)18-11(19)9(12(18)26(15,23)24)6-8-4-2-3-5-17-8/h2-6,10,12H,7H2,1H3,(H2,16,22)(H,20,21)/b9-6-/t10-,12?,15-/m0/s1. The number of amides is 2. The minimum atomic E-state index is -4.22. The lowest BCUT2D eigenvalue weighted by molar-refractivity contribution is -0.153. The summed E-state index contributed by atoms with van der Waals surface area (Å²) in [6, 6.07) is 3.19. The second kappa shape index (κ2) is 5.80. The van der Waals surface area contributed by atoms with E-state index < -0.39 is 50.6 Å².